The molecule has 2 aliphatic heterocycles. The summed E-state index contributed by atoms with van der Waals surface area (Å²) in [5.74, 6) is 0. The van der Waals surface area contributed by atoms with Crippen molar-refractivity contribution < 1.29 is 0 Å². The van der Waals surface area contributed by atoms with Gasteiger partial charge in [-0.3, -0.25) is 0 Å². The fourth-order valence-electron chi connectivity index (χ4n) is 2.68. The van der Waals surface area contributed by atoms with Gasteiger partial charge >= 0.3 is 122 Å². The van der Waals surface area contributed by atoms with Gasteiger partial charge in [-0.2, -0.15) is 0 Å². The van der Waals surface area contributed by atoms with E-state index in [1.807, 2.05) is 0 Å². The second-order valence-electron chi connectivity index (χ2n) is 4.91. The Morgan fingerprint density at radius 2 is 2.00 bits per heavy atom. The van der Waals surface area contributed by atoms with Gasteiger partial charge < -0.3 is 0 Å². The Labute approximate surface area is 122 Å². The number of anilines is 2. The maximum absolute atomic E-state index is 6.19. The zero-order chi connectivity index (χ0) is 12.4. The number of nitrogens with two attached hydrogens (primary N) is 1. The molecule has 1 aromatic carbocycles. The molecule has 0 amide bonds. The first-order valence-electron chi connectivity index (χ1n) is 6.68. The molecular weight excluding hydrogens is 354 g/mol. The van der Waals surface area contributed by atoms with E-state index in [9.17, 15) is 0 Å². The van der Waals surface area contributed by atoms with Crippen molar-refractivity contribution in [1.29, 1.82) is 0 Å². The van der Waals surface area contributed by atoms with Gasteiger partial charge in [0.05, 0.1) is 0 Å². The van der Waals surface area contributed by atoms with Crippen molar-refractivity contribution >= 4 is 41.3 Å². The molecule has 2 nitrogen and oxygen atoms in total. The summed E-state index contributed by atoms with van der Waals surface area (Å²) in [4.78, 5) is 3.34. The molecule has 0 spiro atoms. The quantitative estimate of drug-likeness (QED) is 0.637. The summed E-state index contributed by atoms with van der Waals surface area (Å²) < 4.78 is 0. The van der Waals surface area contributed by atoms with Crippen LogP contribution in [0.2, 0.25) is 16.0 Å². The van der Waals surface area contributed by atoms with E-state index in [1.165, 1.54) is 53.1 Å². The van der Waals surface area contributed by atoms with E-state index < -0.39 is 0 Å². The first-order chi connectivity index (χ1) is 8.84. The van der Waals surface area contributed by atoms with Gasteiger partial charge in [-0.15, -0.1) is 0 Å². The summed E-state index contributed by atoms with van der Waals surface area (Å²) >= 11 is 1.67. The van der Waals surface area contributed by atoms with Gasteiger partial charge in [-0.05, 0) is 0 Å². The van der Waals surface area contributed by atoms with Crippen molar-refractivity contribution in [1.82, 2.24) is 0 Å². The van der Waals surface area contributed by atoms with Crippen LogP contribution in [-0.2, 0) is 0 Å². The molecule has 0 bridgehead atoms. The number of hydrogen-bond donors (Lipinski definition) is 1. The second-order valence-corrected chi connectivity index (χ2v) is 10.2. The molecule has 0 radical (unpaired) electrons. The Morgan fingerprint density at radius 1 is 1.17 bits per heavy atom. The first kappa shape index (κ1) is 12.9. The van der Waals surface area contributed by atoms with Gasteiger partial charge in [-0.25, -0.2) is 0 Å². The summed E-state index contributed by atoms with van der Waals surface area (Å²) in [5.41, 5.74) is 10.1. The minimum absolute atomic E-state index is 0.776. The molecule has 2 N–H and O–H groups in total. The Kier molecular flexibility index (Phi) is 4.20. The van der Waals surface area contributed by atoms with E-state index in [0.717, 1.165) is 40.4 Å². The predicted octanol–water partition coefficient (Wildman–Crippen LogP) is 2.59. The zero-order valence-corrected chi connectivity index (χ0v) is 14.0. The Hall–Kier alpha value is -0.141. The molecule has 2 heterocycles. The van der Waals surface area contributed by atoms with Crippen LogP contribution in [0.5, 0.6) is 0 Å². The Bertz CT molecular complexity index is 410. The SMILES string of the molecule is Nc1ccc(N2CC[Se]CC2)cc1C1CCC[Se]1. The van der Waals surface area contributed by atoms with E-state index >= 15 is 0 Å². The molecule has 0 saturated carbocycles. The van der Waals surface area contributed by atoms with Gasteiger partial charge in [0, 0.05) is 0 Å². The molecule has 1 unspecified atom stereocenters. The molecule has 0 aliphatic carbocycles. The summed E-state index contributed by atoms with van der Waals surface area (Å²) in [5, 5.41) is 4.24. The maximum atomic E-state index is 6.19. The van der Waals surface area contributed by atoms with E-state index in [0.29, 0.717) is 0 Å². The third-order valence-corrected chi connectivity index (χ3v) is 8.67. The average molecular weight is 374 g/mol. The normalized spacial score (nSPS) is 24.4. The van der Waals surface area contributed by atoms with Crippen LogP contribution in [0.4, 0.5) is 11.4 Å². The standard InChI is InChI=1S/C14H20N2Se2/c15-13-4-3-11(16-5-8-17-9-6-16)10-12(13)14-2-1-7-18-14/h3-4,10,14H,1-2,5-9,15H2. The summed E-state index contributed by atoms with van der Waals surface area (Å²) in [7, 11) is 0. The van der Waals surface area contributed by atoms with Crippen LogP contribution in [0.25, 0.3) is 0 Å². The van der Waals surface area contributed by atoms with Crippen molar-refractivity contribution in [3.05, 3.63) is 23.8 Å². The zero-order valence-electron chi connectivity index (χ0n) is 10.6. The van der Waals surface area contributed by atoms with Gasteiger partial charge in [0.15, 0.2) is 0 Å². The third-order valence-electron chi connectivity index (χ3n) is 3.72. The van der Waals surface area contributed by atoms with Crippen LogP contribution in [0.3, 0.4) is 0 Å². The number of rotatable bonds is 2. The molecule has 18 heavy (non-hydrogen) atoms. The number of nitrogens with zero attached hydrogens (tertiary/aromatic N) is 1. The summed E-state index contributed by atoms with van der Waals surface area (Å²) in [6.45, 7) is 2.50. The molecule has 1 atom stereocenters. The second kappa shape index (κ2) is 5.88. The summed E-state index contributed by atoms with van der Waals surface area (Å²) in [6, 6.07) is 6.75. The minimum atomic E-state index is 0.776. The number of nitrogen functional groups attached to an aromatic ring is 1. The average Bonchev–Trinajstić information content (AvgIpc) is 2.94. The predicted molar refractivity (Wildman–Crippen MR) is 81.0 cm³/mol. The van der Waals surface area contributed by atoms with Crippen LogP contribution in [0.1, 0.15) is 23.2 Å². The van der Waals surface area contributed by atoms with Crippen molar-refractivity contribution in [2.45, 2.75) is 33.6 Å². The fraction of sp³-hybridized carbons (Fsp3) is 0.571. The van der Waals surface area contributed by atoms with Crippen molar-refractivity contribution in [3.63, 3.8) is 0 Å². The third kappa shape index (κ3) is 2.72. The molecule has 0 aromatic heterocycles. The molecule has 2 saturated heterocycles. The van der Waals surface area contributed by atoms with E-state index in [-0.39, 0.29) is 0 Å². The molecular formula is C14H20N2Se2. The van der Waals surface area contributed by atoms with Gasteiger partial charge in [-0.1, -0.05) is 0 Å². The van der Waals surface area contributed by atoms with Crippen LogP contribution >= 0.6 is 0 Å². The number of benzene rings is 1. The van der Waals surface area contributed by atoms with E-state index in [1.54, 1.807) is 0 Å². The molecule has 1 aromatic rings. The Morgan fingerprint density at radius 3 is 2.72 bits per heavy atom. The van der Waals surface area contributed by atoms with Crippen LogP contribution < -0.4 is 10.6 Å². The molecule has 98 valence electrons. The number of hydrogen-bond acceptors (Lipinski definition) is 2. The van der Waals surface area contributed by atoms with Crippen molar-refractivity contribution in [2.75, 3.05) is 23.7 Å². The van der Waals surface area contributed by atoms with Crippen LogP contribution in [-0.4, -0.2) is 43.0 Å². The summed E-state index contributed by atoms with van der Waals surface area (Å²) in [6.07, 6.45) is 2.76. The monoisotopic (exact) mass is 376 g/mol. The molecule has 3 rings (SSSR count). The van der Waals surface area contributed by atoms with Gasteiger partial charge in [0.2, 0.25) is 0 Å². The van der Waals surface area contributed by atoms with Gasteiger partial charge in [0.25, 0.3) is 0 Å². The van der Waals surface area contributed by atoms with Crippen molar-refractivity contribution in [2.24, 2.45) is 0 Å². The van der Waals surface area contributed by atoms with Gasteiger partial charge in [0.1, 0.15) is 0 Å². The first-order valence-corrected chi connectivity index (χ1v) is 11.3. The van der Waals surface area contributed by atoms with Crippen LogP contribution in [0, 0.1) is 0 Å². The molecule has 2 aliphatic rings. The van der Waals surface area contributed by atoms with E-state index in [2.05, 4.69) is 23.1 Å². The van der Waals surface area contributed by atoms with Crippen molar-refractivity contribution in [3.8, 4) is 0 Å². The molecule has 2 fully saturated rings. The van der Waals surface area contributed by atoms with Crippen LogP contribution in [0.15, 0.2) is 18.2 Å². The topological polar surface area (TPSA) is 29.3 Å². The fourth-order valence-corrected chi connectivity index (χ4v) is 7.38. The van der Waals surface area contributed by atoms with E-state index in [4.69, 9.17) is 5.73 Å². The molecule has 4 heteroatoms. The Balaban J connectivity index is 1.84.